The fourth-order valence-electron chi connectivity index (χ4n) is 2.36. The molecule has 0 fully saturated rings. The number of hydrogen-bond acceptors (Lipinski definition) is 3. The molecule has 136 valence electrons. The van der Waals surface area contributed by atoms with Crippen LogP contribution in [-0.4, -0.2) is 23.4 Å². The van der Waals surface area contributed by atoms with Gasteiger partial charge in [-0.3, -0.25) is 0 Å². The minimum absolute atomic E-state index is 0.0801. The molecular formula is C17H9Cl2F3O4. The van der Waals surface area contributed by atoms with Gasteiger partial charge in [0.2, 0.25) is 6.10 Å². The molecule has 4 nitrogen and oxygen atoms in total. The van der Waals surface area contributed by atoms with Gasteiger partial charge in [-0.05, 0) is 30.3 Å². The predicted molar refractivity (Wildman–Crippen MR) is 89.1 cm³/mol. The van der Waals surface area contributed by atoms with Crippen molar-refractivity contribution < 1.29 is 32.5 Å². The first-order valence-electron chi connectivity index (χ1n) is 7.11. The summed E-state index contributed by atoms with van der Waals surface area (Å²) in [6.07, 6.45) is -6.54. The fraction of sp³-hybridized carbons (Fsp3) is 0.118. The van der Waals surface area contributed by atoms with Gasteiger partial charge in [0, 0.05) is 6.07 Å². The number of aliphatic carboxylic acids is 1. The molecular weight excluding hydrogens is 396 g/mol. The number of carboxylic acids is 1. The Kier molecular flexibility index (Phi) is 4.77. The van der Waals surface area contributed by atoms with Crippen LogP contribution in [0.3, 0.4) is 0 Å². The van der Waals surface area contributed by atoms with E-state index in [1.807, 2.05) is 0 Å². The van der Waals surface area contributed by atoms with Crippen LogP contribution in [0.15, 0.2) is 42.0 Å². The van der Waals surface area contributed by atoms with Crippen LogP contribution in [0.25, 0.3) is 6.08 Å². The number of alkyl halides is 3. The maximum atomic E-state index is 13.1. The first-order valence-corrected chi connectivity index (χ1v) is 7.86. The molecule has 0 amide bonds. The normalized spacial score (nSPS) is 16.3. The SMILES string of the molecule is O=C(O)C1=Cc2c(Oc3ccc(Cl)c(Cl)c3)cccc2OC1C(F)(F)F. The molecule has 1 aliphatic rings. The Bertz CT molecular complexity index is 909. The maximum Gasteiger partial charge on any atom is 0.430 e. The Morgan fingerprint density at radius 3 is 2.50 bits per heavy atom. The smallest absolute Gasteiger partial charge is 0.430 e. The Hall–Kier alpha value is -2.38. The van der Waals surface area contributed by atoms with E-state index in [1.165, 1.54) is 36.4 Å². The molecule has 1 atom stereocenters. The second kappa shape index (κ2) is 6.74. The van der Waals surface area contributed by atoms with Crippen molar-refractivity contribution in [1.29, 1.82) is 0 Å². The van der Waals surface area contributed by atoms with Crippen LogP contribution in [0, 0.1) is 0 Å². The highest BCUT2D eigenvalue weighted by molar-refractivity contribution is 6.42. The lowest BCUT2D eigenvalue weighted by Crippen LogP contribution is -2.40. The van der Waals surface area contributed by atoms with Gasteiger partial charge in [0.05, 0.1) is 21.2 Å². The Morgan fingerprint density at radius 2 is 1.88 bits per heavy atom. The van der Waals surface area contributed by atoms with Crippen LogP contribution < -0.4 is 9.47 Å². The van der Waals surface area contributed by atoms with Crippen LogP contribution in [0.2, 0.25) is 10.0 Å². The largest absolute Gasteiger partial charge is 0.478 e. The number of carboxylic acid groups (broad SMARTS) is 1. The predicted octanol–water partition coefficient (Wildman–Crippen LogP) is 5.58. The van der Waals surface area contributed by atoms with Gasteiger partial charge in [-0.25, -0.2) is 4.79 Å². The zero-order valence-corrected chi connectivity index (χ0v) is 14.2. The molecule has 2 aromatic carbocycles. The van der Waals surface area contributed by atoms with Crippen molar-refractivity contribution in [3.05, 3.63) is 57.6 Å². The van der Waals surface area contributed by atoms with E-state index < -0.39 is 23.8 Å². The van der Waals surface area contributed by atoms with Gasteiger partial charge in [0.1, 0.15) is 17.2 Å². The zero-order valence-electron chi connectivity index (χ0n) is 12.7. The molecule has 0 aliphatic carbocycles. The average molecular weight is 405 g/mol. The number of fused-ring (bicyclic) bond motifs is 1. The van der Waals surface area contributed by atoms with Gasteiger partial charge in [-0.2, -0.15) is 13.2 Å². The Balaban J connectivity index is 2.04. The van der Waals surface area contributed by atoms with Crippen molar-refractivity contribution in [3.8, 4) is 17.2 Å². The Labute approximate surface area is 155 Å². The highest BCUT2D eigenvalue weighted by Gasteiger charge is 2.48. The minimum Gasteiger partial charge on any atom is -0.478 e. The van der Waals surface area contributed by atoms with Gasteiger partial charge in [0.15, 0.2) is 0 Å². The number of rotatable bonds is 3. The van der Waals surface area contributed by atoms with E-state index in [2.05, 4.69) is 0 Å². The molecule has 1 unspecified atom stereocenters. The average Bonchev–Trinajstić information content (AvgIpc) is 2.56. The summed E-state index contributed by atoms with van der Waals surface area (Å²) < 4.78 is 49.8. The number of hydrogen-bond donors (Lipinski definition) is 1. The summed E-state index contributed by atoms with van der Waals surface area (Å²) in [6.45, 7) is 0. The number of halogens is 5. The zero-order chi connectivity index (χ0) is 19.1. The van der Waals surface area contributed by atoms with Crippen molar-refractivity contribution in [3.63, 3.8) is 0 Å². The summed E-state index contributed by atoms with van der Waals surface area (Å²) >= 11 is 11.7. The molecule has 0 aromatic heterocycles. The number of carbonyl (C=O) groups is 1. The van der Waals surface area contributed by atoms with Crippen molar-refractivity contribution in [1.82, 2.24) is 0 Å². The second-order valence-electron chi connectivity index (χ2n) is 5.29. The van der Waals surface area contributed by atoms with Gasteiger partial charge >= 0.3 is 12.1 Å². The summed E-state index contributed by atoms with van der Waals surface area (Å²) in [5.41, 5.74) is -0.855. The van der Waals surface area contributed by atoms with Crippen molar-refractivity contribution in [2.45, 2.75) is 12.3 Å². The van der Waals surface area contributed by atoms with E-state index in [0.717, 1.165) is 6.08 Å². The molecule has 0 bridgehead atoms. The number of benzene rings is 2. The molecule has 26 heavy (non-hydrogen) atoms. The first-order chi connectivity index (χ1) is 12.2. The molecule has 0 spiro atoms. The fourth-order valence-corrected chi connectivity index (χ4v) is 2.65. The van der Waals surface area contributed by atoms with Crippen LogP contribution in [0.4, 0.5) is 13.2 Å². The lowest BCUT2D eigenvalue weighted by molar-refractivity contribution is -0.187. The van der Waals surface area contributed by atoms with Gasteiger partial charge in [-0.1, -0.05) is 29.3 Å². The molecule has 3 rings (SSSR count). The summed E-state index contributed by atoms with van der Waals surface area (Å²) in [5, 5.41) is 9.65. The van der Waals surface area contributed by atoms with Crippen molar-refractivity contribution in [2.24, 2.45) is 0 Å². The summed E-state index contributed by atoms with van der Waals surface area (Å²) in [4.78, 5) is 11.3. The Morgan fingerprint density at radius 1 is 1.15 bits per heavy atom. The van der Waals surface area contributed by atoms with Crippen LogP contribution in [-0.2, 0) is 4.79 Å². The third-order valence-electron chi connectivity index (χ3n) is 3.52. The number of ether oxygens (including phenoxy) is 2. The first kappa shape index (κ1) is 18.4. The van der Waals surface area contributed by atoms with Crippen LogP contribution in [0.5, 0.6) is 17.2 Å². The summed E-state index contributed by atoms with van der Waals surface area (Å²) in [6, 6.07) is 8.62. The molecule has 9 heteroatoms. The third-order valence-corrected chi connectivity index (χ3v) is 4.26. The third kappa shape index (κ3) is 3.59. The maximum absolute atomic E-state index is 13.1. The highest BCUT2D eigenvalue weighted by Crippen LogP contribution is 2.42. The van der Waals surface area contributed by atoms with E-state index in [-0.39, 0.29) is 27.8 Å². The highest BCUT2D eigenvalue weighted by atomic mass is 35.5. The molecule has 2 aromatic rings. The minimum atomic E-state index is -4.87. The van der Waals surface area contributed by atoms with Gasteiger partial charge in [0.25, 0.3) is 0 Å². The molecule has 1 heterocycles. The van der Waals surface area contributed by atoms with Crippen LogP contribution in [0.1, 0.15) is 5.56 Å². The molecule has 1 aliphatic heterocycles. The lowest BCUT2D eigenvalue weighted by atomic mass is 10.0. The topological polar surface area (TPSA) is 55.8 Å². The van der Waals surface area contributed by atoms with E-state index in [0.29, 0.717) is 5.02 Å². The van der Waals surface area contributed by atoms with E-state index >= 15 is 0 Å². The second-order valence-corrected chi connectivity index (χ2v) is 6.10. The molecule has 0 saturated carbocycles. The van der Waals surface area contributed by atoms with Gasteiger partial charge < -0.3 is 14.6 Å². The van der Waals surface area contributed by atoms with Crippen molar-refractivity contribution >= 4 is 35.2 Å². The molecule has 0 saturated heterocycles. The van der Waals surface area contributed by atoms with Gasteiger partial charge in [-0.15, -0.1) is 0 Å². The lowest BCUT2D eigenvalue weighted by Gasteiger charge is -2.27. The van der Waals surface area contributed by atoms with Crippen LogP contribution >= 0.6 is 23.2 Å². The van der Waals surface area contributed by atoms with E-state index in [1.54, 1.807) is 0 Å². The van der Waals surface area contributed by atoms with E-state index in [4.69, 9.17) is 37.8 Å². The summed E-state index contributed by atoms with van der Waals surface area (Å²) in [5.74, 6) is -1.49. The van der Waals surface area contributed by atoms with E-state index in [9.17, 15) is 18.0 Å². The quantitative estimate of drug-likeness (QED) is 0.725. The molecule has 0 radical (unpaired) electrons. The standard InChI is InChI=1S/C17H9Cl2F3O4/c18-11-5-4-8(6-12(11)19)25-13-2-1-3-14-9(13)7-10(16(23)24)15(26-14)17(20,21)22/h1-7,15H,(H,23,24). The monoisotopic (exact) mass is 404 g/mol. The molecule has 1 N–H and O–H groups in total. The summed E-state index contributed by atoms with van der Waals surface area (Å²) in [7, 11) is 0. The van der Waals surface area contributed by atoms with Crippen molar-refractivity contribution in [2.75, 3.05) is 0 Å².